The summed E-state index contributed by atoms with van der Waals surface area (Å²) in [7, 11) is 1.48. The van der Waals surface area contributed by atoms with Gasteiger partial charge in [-0.2, -0.15) is 0 Å². The summed E-state index contributed by atoms with van der Waals surface area (Å²) in [5, 5.41) is 9.01. The maximum Gasteiger partial charge on any atom is 0.197 e. The van der Waals surface area contributed by atoms with E-state index in [1.807, 2.05) is 0 Å². The zero-order valence-corrected chi connectivity index (χ0v) is 7.24. The van der Waals surface area contributed by atoms with Crippen LogP contribution in [0.1, 0.15) is 0 Å². The summed E-state index contributed by atoms with van der Waals surface area (Å²) >= 11 is 0. The average Bonchev–Trinajstić information content (AvgIpc) is 2.91. The van der Waals surface area contributed by atoms with Gasteiger partial charge in [-0.05, 0) is 6.08 Å². The van der Waals surface area contributed by atoms with Crippen molar-refractivity contribution >= 4 is 5.78 Å². The van der Waals surface area contributed by atoms with Crippen LogP contribution in [0.2, 0.25) is 0 Å². The molecular weight excluding hydrogens is 172 g/mol. The first kappa shape index (κ1) is 8.47. The van der Waals surface area contributed by atoms with Crippen LogP contribution in [0, 0.1) is 0 Å². The molecule has 1 heterocycles. The second-order valence-electron chi connectivity index (χ2n) is 3.06. The minimum atomic E-state index is -0.850. The van der Waals surface area contributed by atoms with E-state index < -0.39 is 5.60 Å². The molecule has 1 aliphatic carbocycles. The van der Waals surface area contributed by atoms with Gasteiger partial charge in [-0.3, -0.25) is 4.79 Å². The predicted molar refractivity (Wildman–Crippen MR) is 44.0 cm³/mol. The average molecular weight is 182 g/mol. The Kier molecular flexibility index (Phi) is 1.75. The Labute approximate surface area is 75.5 Å². The quantitative estimate of drug-likeness (QED) is 0.600. The highest BCUT2D eigenvalue weighted by molar-refractivity contribution is 6.03. The van der Waals surface area contributed by atoms with Crippen LogP contribution in [-0.4, -0.2) is 36.8 Å². The fourth-order valence-electron chi connectivity index (χ4n) is 1.43. The van der Waals surface area contributed by atoms with Crippen LogP contribution in [-0.2, 0) is 14.3 Å². The molecule has 2 aliphatic rings. The van der Waals surface area contributed by atoms with Crippen molar-refractivity contribution in [2.45, 2.75) is 5.60 Å². The molecule has 13 heavy (non-hydrogen) atoms. The molecule has 1 fully saturated rings. The number of carbonyl (C=O) groups excluding carboxylic acids is 1. The highest BCUT2D eigenvalue weighted by Crippen LogP contribution is 2.39. The Morgan fingerprint density at radius 2 is 2.38 bits per heavy atom. The first-order chi connectivity index (χ1) is 6.23. The number of hydrogen-bond donors (Lipinski definition) is 1. The molecule has 4 heteroatoms. The Hall–Kier alpha value is -1.13. The van der Waals surface area contributed by atoms with E-state index in [1.165, 1.54) is 13.2 Å². The highest BCUT2D eigenvalue weighted by atomic mass is 16.6. The van der Waals surface area contributed by atoms with Crippen molar-refractivity contribution in [3.05, 3.63) is 23.5 Å². The number of rotatable bonds is 2. The van der Waals surface area contributed by atoms with Crippen LogP contribution in [0.25, 0.3) is 0 Å². The molecule has 1 unspecified atom stereocenters. The van der Waals surface area contributed by atoms with Gasteiger partial charge in [0.1, 0.15) is 5.76 Å². The lowest BCUT2D eigenvalue weighted by Gasteiger charge is -2.16. The van der Waals surface area contributed by atoms with Gasteiger partial charge in [-0.15, -0.1) is 0 Å². The van der Waals surface area contributed by atoms with E-state index in [1.54, 1.807) is 6.08 Å². The SMILES string of the molecule is COC1=CC(=O)C2(CO2)C(CO)=C1. The lowest BCUT2D eigenvalue weighted by molar-refractivity contribution is -0.118. The largest absolute Gasteiger partial charge is 0.497 e. The Bertz CT molecular complexity index is 310. The lowest BCUT2D eigenvalue weighted by atomic mass is 9.90. The molecule has 1 atom stereocenters. The standard InChI is InChI=1S/C9H10O4/c1-12-7-2-6(4-10)9(5-13-9)8(11)3-7/h2-3,10H,4-5H2,1H3. The third kappa shape index (κ3) is 1.10. The summed E-state index contributed by atoms with van der Waals surface area (Å²) in [6, 6.07) is 0. The fourth-order valence-corrected chi connectivity index (χ4v) is 1.43. The van der Waals surface area contributed by atoms with E-state index >= 15 is 0 Å². The van der Waals surface area contributed by atoms with E-state index in [-0.39, 0.29) is 12.4 Å². The van der Waals surface area contributed by atoms with E-state index in [0.717, 1.165) is 0 Å². The first-order valence-electron chi connectivity index (χ1n) is 3.99. The van der Waals surface area contributed by atoms with Crippen molar-refractivity contribution < 1.29 is 19.4 Å². The molecule has 0 radical (unpaired) electrons. The topological polar surface area (TPSA) is 59.1 Å². The van der Waals surface area contributed by atoms with Gasteiger partial charge in [0.15, 0.2) is 11.4 Å². The number of aliphatic hydroxyl groups is 1. The summed E-state index contributed by atoms with van der Waals surface area (Å²) < 4.78 is 9.98. The second-order valence-corrected chi connectivity index (χ2v) is 3.06. The number of hydrogen-bond acceptors (Lipinski definition) is 4. The summed E-state index contributed by atoms with van der Waals surface area (Å²) in [6.07, 6.45) is 3.04. The molecule has 1 saturated heterocycles. The molecule has 0 bridgehead atoms. The monoisotopic (exact) mass is 182 g/mol. The molecule has 70 valence electrons. The number of aliphatic hydroxyl groups excluding tert-OH is 1. The van der Waals surface area contributed by atoms with E-state index in [4.69, 9.17) is 14.6 Å². The van der Waals surface area contributed by atoms with Crippen molar-refractivity contribution in [2.75, 3.05) is 20.3 Å². The zero-order valence-electron chi connectivity index (χ0n) is 7.24. The highest BCUT2D eigenvalue weighted by Gasteiger charge is 2.55. The smallest absolute Gasteiger partial charge is 0.197 e. The Balaban J connectivity index is 2.35. The van der Waals surface area contributed by atoms with Crippen molar-refractivity contribution in [1.29, 1.82) is 0 Å². The molecule has 0 aromatic rings. The molecule has 1 aliphatic heterocycles. The van der Waals surface area contributed by atoms with Crippen LogP contribution >= 0.6 is 0 Å². The molecule has 2 rings (SSSR count). The normalized spacial score (nSPS) is 31.4. The number of epoxide rings is 1. The molecule has 0 amide bonds. The van der Waals surface area contributed by atoms with E-state index in [2.05, 4.69) is 0 Å². The summed E-state index contributed by atoms with van der Waals surface area (Å²) in [6.45, 7) is 0.193. The molecule has 0 aromatic heterocycles. The molecule has 1 spiro atoms. The molecular formula is C9H10O4. The summed E-state index contributed by atoms with van der Waals surface area (Å²) in [5.74, 6) is 0.325. The minimum Gasteiger partial charge on any atom is -0.497 e. The van der Waals surface area contributed by atoms with Crippen molar-refractivity contribution in [2.24, 2.45) is 0 Å². The van der Waals surface area contributed by atoms with Crippen molar-refractivity contribution in [3.8, 4) is 0 Å². The van der Waals surface area contributed by atoms with Gasteiger partial charge >= 0.3 is 0 Å². The van der Waals surface area contributed by atoms with Gasteiger partial charge in [0.05, 0.1) is 20.3 Å². The Morgan fingerprint density at radius 3 is 2.85 bits per heavy atom. The third-order valence-corrected chi connectivity index (χ3v) is 2.35. The second kappa shape index (κ2) is 2.68. The molecule has 4 nitrogen and oxygen atoms in total. The maximum absolute atomic E-state index is 11.5. The number of methoxy groups -OCH3 is 1. The van der Waals surface area contributed by atoms with Crippen molar-refractivity contribution in [3.63, 3.8) is 0 Å². The first-order valence-corrected chi connectivity index (χ1v) is 3.99. The molecule has 0 saturated carbocycles. The van der Waals surface area contributed by atoms with Gasteiger partial charge in [-0.1, -0.05) is 0 Å². The summed E-state index contributed by atoms with van der Waals surface area (Å²) in [4.78, 5) is 11.5. The third-order valence-electron chi connectivity index (χ3n) is 2.35. The number of ketones is 1. The van der Waals surface area contributed by atoms with Crippen LogP contribution < -0.4 is 0 Å². The van der Waals surface area contributed by atoms with Crippen LogP contribution in [0.3, 0.4) is 0 Å². The van der Waals surface area contributed by atoms with Crippen LogP contribution in [0.4, 0.5) is 0 Å². The van der Waals surface area contributed by atoms with Gasteiger partial charge in [0.25, 0.3) is 0 Å². The maximum atomic E-state index is 11.5. The van der Waals surface area contributed by atoms with Crippen LogP contribution in [0.15, 0.2) is 23.5 Å². The van der Waals surface area contributed by atoms with Crippen LogP contribution in [0.5, 0.6) is 0 Å². The number of carbonyl (C=O) groups is 1. The number of ether oxygens (including phenoxy) is 2. The Morgan fingerprint density at radius 1 is 1.69 bits per heavy atom. The predicted octanol–water partition coefficient (Wildman–Crippen LogP) is -0.213. The molecule has 1 N–H and O–H groups in total. The zero-order chi connectivity index (χ0) is 9.47. The van der Waals surface area contributed by atoms with Gasteiger partial charge in [0.2, 0.25) is 0 Å². The molecule has 0 aromatic carbocycles. The number of allylic oxidation sites excluding steroid dienone is 1. The summed E-state index contributed by atoms with van der Waals surface area (Å²) in [5.41, 5.74) is -0.270. The van der Waals surface area contributed by atoms with E-state index in [9.17, 15) is 4.79 Å². The van der Waals surface area contributed by atoms with Crippen molar-refractivity contribution in [1.82, 2.24) is 0 Å². The van der Waals surface area contributed by atoms with Gasteiger partial charge in [0, 0.05) is 11.6 Å². The minimum absolute atomic E-state index is 0.143. The van der Waals surface area contributed by atoms with Gasteiger partial charge in [-0.25, -0.2) is 0 Å². The van der Waals surface area contributed by atoms with E-state index in [0.29, 0.717) is 17.9 Å². The van der Waals surface area contributed by atoms with Gasteiger partial charge < -0.3 is 14.6 Å². The fraction of sp³-hybridized carbons (Fsp3) is 0.444. The lowest BCUT2D eigenvalue weighted by Crippen LogP contribution is -2.30.